The summed E-state index contributed by atoms with van der Waals surface area (Å²) in [6.45, 7) is 2.05. The lowest BCUT2D eigenvalue weighted by atomic mass is 10.3. The van der Waals surface area contributed by atoms with Crippen molar-refractivity contribution in [3.8, 4) is 0 Å². The van der Waals surface area contributed by atoms with Crippen LogP contribution in [0, 0.1) is 0 Å². The van der Waals surface area contributed by atoms with E-state index in [0.29, 0.717) is 0 Å². The minimum Gasteiger partial charge on any atom is -0.392 e. The van der Waals surface area contributed by atoms with E-state index in [2.05, 4.69) is 17.0 Å². The molecule has 13 heavy (non-hydrogen) atoms. The molecule has 0 bridgehead atoms. The van der Waals surface area contributed by atoms with Gasteiger partial charge in [-0.25, -0.2) is 9.50 Å². The number of aliphatic hydroxyl groups is 1. The average molecular weight is 177 g/mol. The van der Waals surface area contributed by atoms with Crippen molar-refractivity contribution in [3.63, 3.8) is 0 Å². The molecule has 0 saturated heterocycles. The van der Waals surface area contributed by atoms with Crippen LogP contribution in [-0.4, -0.2) is 19.7 Å². The highest BCUT2D eigenvalue weighted by Crippen LogP contribution is 2.05. The molecule has 2 heterocycles. The molecule has 4 heteroatoms. The third-order valence-corrected chi connectivity index (χ3v) is 1.96. The number of hydrogen-bond acceptors (Lipinski definition) is 3. The Morgan fingerprint density at radius 2 is 2.38 bits per heavy atom. The van der Waals surface area contributed by atoms with Gasteiger partial charge in [0.2, 0.25) is 0 Å². The van der Waals surface area contributed by atoms with Gasteiger partial charge in [-0.3, -0.25) is 0 Å². The zero-order chi connectivity index (χ0) is 9.26. The maximum Gasteiger partial charge on any atom is 0.155 e. The number of nitrogens with zero attached hydrogens (tertiary/aromatic N) is 3. The fourth-order valence-corrected chi connectivity index (χ4v) is 1.22. The Kier molecular flexibility index (Phi) is 1.98. The Bertz CT molecular complexity index is 420. The summed E-state index contributed by atoms with van der Waals surface area (Å²) in [7, 11) is 0. The van der Waals surface area contributed by atoms with E-state index in [4.69, 9.17) is 5.11 Å². The topological polar surface area (TPSA) is 50.4 Å². The van der Waals surface area contributed by atoms with Gasteiger partial charge in [-0.1, -0.05) is 6.92 Å². The van der Waals surface area contributed by atoms with E-state index >= 15 is 0 Å². The van der Waals surface area contributed by atoms with Gasteiger partial charge in [0.25, 0.3) is 0 Å². The quantitative estimate of drug-likeness (QED) is 0.737. The lowest BCUT2D eigenvalue weighted by Gasteiger charge is -1.95. The number of aryl methyl sites for hydroxylation is 1. The first-order valence-electron chi connectivity index (χ1n) is 4.27. The largest absolute Gasteiger partial charge is 0.392 e. The number of rotatable bonds is 2. The van der Waals surface area contributed by atoms with Gasteiger partial charge in [-0.15, -0.1) is 0 Å². The van der Waals surface area contributed by atoms with Gasteiger partial charge < -0.3 is 5.11 Å². The summed E-state index contributed by atoms with van der Waals surface area (Å²) in [4.78, 5) is 4.16. The van der Waals surface area contributed by atoms with Crippen LogP contribution in [0.4, 0.5) is 0 Å². The normalized spacial score (nSPS) is 10.9. The van der Waals surface area contributed by atoms with Gasteiger partial charge in [-0.2, -0.15) is 5.10 Å². The third kappa shape index (κ3) is 1.40. The molecule has 0 amide bonds. The summed E-state index contributed by atoms with van der Waals surface area (Å²) in [6.07, 6.45) is 4.36. The van der Waals surface area contributed by atoms with Crippen molar-refractivity contribution in [1.82, 2.24) is 14.6 Å². The van der Waals surface area contributed by atoms with Gasteiger partial charge in [0.05, 0.1) is 12.3 Å². The molecule has 0 fully saturated rings. The Morgan fingerprint density at radius 3 is 3.08 bits per heavy atom. The van der Waals surface area contributed by atoms with Crippen LogP contribution in [0.3, 0.4) is 0 Å². The van der Waals surface area contributed by atoms with Crippen molar-refractivity contribution in [2.75, 3.05) is 0 Å². The molecule has 0 aromatic carbocycles. The van der Waals surface area contributed by atoms with E-state index in [9.17, 15) is 0 Å². The minimum atomic E-state index is 0.00422. The summed E-state index contributed by atoms with van der Waals surface area (Å²) in [5, 5.41) is 13.2. The van der Waals surface area contributed by atoms with Crippen molar-refractivity contribution < 1.29 is 5.11 Å². The molecule has 1 N–H and O–H groups in total. The molecule has 2 aromatic rings. The molecular formula is C9H11N3O. The molecule has 0 saturated carbocycles. The van der Waals surface area contributed by atoms with Crippen LogP contribution in [0.15, 0.2) is 18.5 Å². The highest BCUT2D eigenvalue weighted by molar-refractivity contribution is 5.39. The lowest BCUT2D eigenvalue weighted by molar-refractivity contribution is 0.280. The van der Waals surface area contributed by atoms with Crippen LogP contribution in [0.25, 0.3) is 5.65 Å². The third-order valence-electron chi connectivity index (χ3n) is 1.96. The molecule has 2 rings (SSSR count). The first kappa shape index (κ1) is 8.19. The van der Waals surface area contributed by atoms with E-state index in [0.717, 1.165) is 23.3 Å². The van der Waals surface area contributed by atoms with E-state index in [1.165, 1.54) is 0 Å². The standard InChI is InChI=1S/C9H11N3O/c1-2-8-3-9-10-4-7(6-13)5-12(9)11-8/h3-5,13H,2,6H2,1H3. The molecule has 0 aliphatic rings. The highest BCUT2D eigenvalue weighted by Gasteiger charge is 2.00. The van der Waals surface area contributed by atoms with Crippen LogP contribution in [0.5, 0.6) is 0 Å². The first-order chi connectivity index (χ1) is 6.33. The van der Waals surface area contributed by atoms with Crippen LogP contribution in [-0.2, 0) is 13.0 Å². The van der Waals surface area contributed by atoms with Crippen LogP contribution >= 0.6 is 0 Å². The second-order valence-corrected chi connectivity index (χ2v) is 2.91. The van der Waals surface area contributed by atoms with Crippen LogP contribution < -0.4 is 0 Å². The summed E-state index contributed by atoms with van der Waals surface area (Å²) in [5.74, 6) is 0. The van der Waals surface area contributed by atoms with Crippen molar-refractivity contribution in [3.05, 3.63) is 29.7 Å². The molecule has 0 radical (unpaired) electrons. The van der Waals surface area contributed by atoms with Crippen LogP contribution in [0.2, 0.25) is 0 Å². The molecule has 2 aromatic heterocycles. The molecular weight excluding hydrogens is 166 g/mol. The zero-order valence-corrected chi connectivity index (χ0v) is 7.44. The SMILES string of the molecule is CCc1cc2ncc(CO)cn2n1. The first-order valence-corrected chi connectivity index (χ1v) is 4.27. The molecule has 68 valence electrons. The molecule has 0 atom stereocenters. The van der Waals surface area contributed by atoms with Gasteiger partial charge in [0.15, 0.2) is 5.65 Å². The molecule has 0 aliphatic carbocycles. The number of aromatic nitrogens is 3. The van der Waals surface area contributed by atoms with E-state index in [1.807, 2.05) is 6.07 Å². The Labute approximate surface area is 75.8 Å². The summed E-state index contributed by atoms with van der Waals surface area (Å²) < 4.78 is 1.70. The zero-order valence-electron chi connectivity index (χ0n) is 7.44. The van der Waals surface area contributed by atoms with Gasteiger partial charge in [0.1, 0.15) is 0 Å². The van der Waals surface area contributed by atoms with Crippen molar-refractivity contribution in [2.45, 2.75) is 20.0 Å². The predicted octanol–water partition coefficient (Wildman–Crippen LogP) is 0.784. The van der Waals surface area contributed by atoms with Crippen LogP contribution in [0.1, 0.15) is 18.2 Å². The van der Waals surface area contributed by atoms with E-state index < -0.39 is 0 Å². The fourth-order valence-electron chi connectivity index (χ4n) is 1.22. The summed E-state index contributed by atoms with van der Waals surface area (Å²) >= 11 is 0. The average Bonchev–Trinajstić information content (AvgIpc) is 2.58. The second kappa shape index (κ2) is 3.14. The Morgan fingerprint density at radius 1 is 1.54 bits per heavy atom. The number of fused-ring (bicyclic) bond motifs is 1. The second-order valence-electron chi connectivity index (χ2n) is 2.91. The smallest absolute Gasteiger partial charge is 0.155 e. The monoisotopic (exact) mass is 177 g/mol. The molecule has 4 nitrogen and oxygen atoms in total. The Balaban J connectivity index is 2.57. The molecule has 0 aliphatic heterocycles. The fraction of sp³-hybridized carbons (Fsp3) is 0.333. The predicted molar refractivity (Wildman–Crippen MR) is 48.3 cm³/mol. The van der Waals surface area contributed by atoms with Crippen molar-refractivity contribution in [2.24, 2.45) is 0 Å². The minimum absolute atomic E-state index is 0.00422. The van der Waals surface area contributed by atoms with Gasteiger partial charge >= 0.3 is 0 Å². The van der Waals surface area contributed by atoms with E-state index in [-0.39, 0.29) is 6.61 Å². The lowest BCUT2D eigenvalue weighted by Crippen LogP contribution is -1.94. The maximum atomic E-state index is 8.88. The Hall–Kier alpha value is -1.42. The summed E-state index contributed by atoms with van der Waals surface area (Å²) in [5.41, 5.74) is 2.62. The highest BCUT2D eigenvalue weighted by atomic mass is 16.3. The molecule has 0 spiro atoms. The van der Waals surface area contributed by atoms with Crippen molar-refractivity contribution >= 4 is 5.65 Å². The maximum absolute atomic E-state index is 8.88. The summed E-state index contributed by atoms with van der Waals surface area (Å²) in [6, 6.07) is 1.95. The van der Waals surface area contributed by atoms with Crippen molar-refractivity contribution in [1.29, 1.82) is 0 Å². The van der Waals surface area contributed by atoms with E-state index in [1.54, 1.807) is 16.9 Å². The number of hydrogen-bond donors (Lipinski definition) is 1. The van der Waals surface area contributed by atoms with Gasteiger partial charge in [0, 0.05) is 24.0 Å². The molecule has 0 unspecified atom stereocenters. The number of aliphatic hydroxyl groups excluding tert-OH is 1. The van der Waals surface area contributed by atoms with Gasteiger partial charge in [-0.05, 0) is 6.42 Å².